The molecular weight excluding hydrogens is 398 g/mol. The average Bonchev–Trinajstić information content (AvgIpc) is 3.27. The summed E-state index contributed by atoms with van der Waals surface area (Å²) in [5, 5.41) is 1.75. The molecule has 0 radical (unpaired) electrons. The van der Waals surface area contributed by atoms with Gasteiger partial charge in [0.2, 0.25) is 0 Å². The van der Waals surface area contributed by atoms with Crippen molar-refractivity contribution in [2.24, 2.45) is 5.92 Å². The van der Waals surface area contributed by atoms with Crippen molar-refractivity contribution < 1.29 is 22.7 Å². The third-order valence-corrected chi connectivity index (χ3v) is 8.05. The van der Waals surface area contributed by atoms with Crippen LogP contribution in [0.3, 0.4) is 0 Å². The molecule has 2 aromatic rings. The Labute approximate surface area is 170 Å². The summed E-state index contributed by atoms with van der Waals surface area (Å²) < 4.78 is 37.8. The summed E-state index contributed by atoms with van der Waals surface area (Å²) in [7, 11) is -3.45. The van der Waals surface area contributed by atoms with Crippen molar-refractivity contribution in [1.82, 2.24) is 4.31 Å². The summed E-state index contributed by atoms with van der Waals surface area (Å²) in [4.78, 5) is 12.3. The van der Waals surface area contributed by atoms with Crippen molar-refractivity contribution in [3.8, 4) is 5.75 Å². The number of rotatable bonds is 8. The van der Waals surface area contributed by atoms with E-state index in [0.29, 0.717) is 36.7 Å². The van der Waals surface area contributed by atoms with Gasteiger partial charge >= 0.3 is 5.97 Å². The molecular formula is C20H25NO5S2. The highest BCUT2D eigenvalue weighted by Gasteiger charge is 2.33. The number of nitrogens with zero attached hydrogens (tertiary/aromatic N) is 1. The number of hydrogen-bond acceptors (Lipinski definition) is 6. The molecule has 0 unspecified atom stereocenters. The van der Waals surface area contributed by atoms with Crippen molar-refractivity contribution in [1.29, 1.82) is 0 Å². The predicted molar refractivity (Wildman–Crippen MR) is 108 cm³/mol. The third-order valence-electron chi connectivity index (χ3n) is 4.78. The highest BCUT2D eigenvalue weighted by Crippen LogP contribution is 2.26. The monoisotopic (exact) mass is 423 g/mol. The number of sulfonamides is 1. The molecule has 1 fully saturated rings. The Morgan fingerprint density at radius 3 is 2.64 bits per heavy atom. The van der Waals surface area contributed by atoms with E-state index >= 15 is 0 Å². The van der Waals surface area contributed by atoms with E-state index in [0.717, 1.165) is 12.2 Å². The first-order chi connectivity index (χ1) is 13.5. The number of ether oxygens (including phenoxy) is 2. The van der Waals surface area contributed by atoms with Crippen molar-refractivity contribution in [2.75, 3.05) is 26.3 Å². The van der Waals surface area contributed by atoms with Gasteiger partial charge in [0.1, 0.15) is 23.2 Å². The number of esters is 1. The highest BCUT2D eigenvalue weighted by molar-refractivity contribution is 7.91. The van der Waals surface area contributed by atoms with Gasteiger partial charge in [-0.2, -0.15) is 4.31 Å². The number of benzene rings is 1. The molecule has 28 heavy (non-hydrogen) atoms. The number of carbonyl (C=O) groups is 1. The maximum atomic E-state index is 12.5. The van der Waals surface area contributed by atoms with Crippen LogP contribution in [0, 0.1) is 5.92 Å². The zero-order chi connectivity index (χ0) is 20.0. The summed E-state index contributed by atoms with van der Waals surface area (Å²) in [6.45, 7) is 3.23. The van der Waals surface area contributed by atoms with Crippen LogP contribution < -0.4 is 4.74 Å². The Morgan fingerprint density at radius 1 is 1.18 bits per heavy atom. The first-order valence-corrected chi connectivity index (χ1v) is 11.7. The molecule has 0 bridgehead atoms. The number of thiophene rings is 1. The maximum absolute atomic E-state index is 12.5. The van der Waals surface area contributed by atoms with E-state index in [2.05, 4.69) is 6.92 Å². The van der Waals surface area contributed by atoms with Crippen LogP contribution in [0.15, 0.2) is 46.0 Å². The Balaban J connectivity index is 1.40. The summed E-state index contributed by atoms with van der Waals surface area (Å²) in [6.07, 6.45) is 1.89. The van der Waals surface area contributed by atoms with Gasteiger partial charge in [-0.1, -0.05) is 25.1 Å². The molecule has 1 aliphatic rings. The van der Waals surface area contributed by atoms with E-state index < -0.39 is 10.0 Å². The second kappa shape index (κ2) is 9.54. The largest absolute Gasteiger partial charge is 0.490 e. The van der Waals surface area contributed by atoms with Crippen molar-refractivity contribution in [2.45, 2.75) is 30.4 Å². The van der Waals surface area contributed by atoms with Gasteiger partial charge in [0, 0.05) is 13.1 Å². The minimum atomic E-state index is -3.45. The molecule has 2 heterocycles. The van der Waals surface area contributed by atoms with Gasteiger partial charge in [-0.05, 0) is 48.4 Å². The van der Waals surface area contributed by atoms with Crippen LogP contribution in [-0.4, -0.2) is 45.0 Å². The Hall–Kier alpha value is -1.90. The van der Waals surface area contributed by atoms with Crippen LogP contribution in [-0.2, 0) is 26.0 Å². The molecule has 6 nitrogen and oxygen atoms in total. The molecule has 0 amide bonds. The van der Waals surface area contributed by atoms with E-state index in [4.69, 9.17) is 9.47 Å². The predicted octanol–water partition coefficient (Wildman–Crippen LogP) is 3.33. The molecule has 0 saturated carbocycles. The first kappa shape index (κ1) is 20.8. The van der Waals surface area contributed by atoms with Crippen LogP contribution in [0.4, 0.5) is 0 Å². The number of piperidine rings is 1. The van der Waals surface area contributed by atoms with Gasteiger partial charge in [-0.15, -0.1) is 11.3 Å². The van der Waals surface area contributed by atoms with Gasteiger partial charge in [-0.3, -0.25) is 4.79 Å². The zero-order valence-corrected chi connectivity index (χ0v) is 17.5. The van der Waals surface area contributed by atoms with Gasteiger partial charge in [-0.25, -0.2) is 8.42 Å². The topological polar surface area (TPSA) is 72.9 Å². The maximum Gasteiger partial charge on any atom is 0.309 e. The summed E-state index contributed by atoms with van der Waals surface area (Å²) >= 11 is 1.21. The Kier molecular flexibility index (Phi) is 7.09. The Morgan fingerprint density at radius 2 is 1.96 bits per heavy atom. The smallest absolute Gasteiger partial charge is 0.309 e. The molecule has 0 spiro atoms. The van der Waals surface area contributed by atoms with Gasteiger partial charge in [0.15, 0.2) is 0 Å². The lowest BCUT2D eigenvalue weighted by Gasteiger charge is -2.29. The van der Waals surface area contributed by atoms with E-state index in [1.807, 2.05) is 24.3 Å². The quantitative estimate of drug-likeness (QED) is 0.481. The molecule has 1 aliphatic heterocycles. The number of hydrogen-bond donors (Lipinski definition) is 0. The lowest BCUT2D eigenvalue weighted by molar-refractivity contribution is -0.150. The summed E-state index contributed by atoms with van der Waals surface area (Å²) in [5.74, 6) is 0.222. The fourth-order valence-corrected chi connectivity index (χ4v) is 5.76. The third kappa shape index (κ3) is 5.12. The Bertz CT molecular complexity index is 872. The molecule has 3 rings (SSSR count). The van der Waals surface area contributed by atoms with Gasteiger partial charge < -0.3 is 9.47 Å². The minimum Gasteiger partial charge on any atom is -0.490 e. The van der Waals surface area contributed by atoms with Crippen LogP contribution in [0.1, 0.15) is 25.3 Å². The molecule has 1 aromatic heterocycles. The molecule has 0 aliphatic carbocycles. The molecule has 1 saturated heterocycles. The van der Waals surface area contributed by atoms with E-state index in [1.54, 1.807) is 17.5 Å². The fraction of sp³-hybridized carbons (Fsp3) is 0.450. The van der Waals surface area contributed by atoms with Crippen LogP contribution in [0.5, 0.6) is 5.75 Å². The lowest BCUT2D eigenvalue weighted by Crippen LogP contribution is -2.40. The fourth-order valence-electron chi connectivity index (χ4n) is 3.14. The van der Waals surface area contributed by atoms with Crippen molar-refractivity contribution in [3.05, 3.63) is 47.3 Å². The second-order valence-electron chi connectivity index (χ2n) is 6.63. The zero-order valence-electron chi connectivity index (χ0n) is 15.9. The normalized spacial score (nSPS) is 16.0. The first-order valence-electron chi connectivity index (χ1n) is 9.42. The SMILES string of the molecule is CCc1cccc(OCCOC(=O)C2CCN(S(=O)(=O)c3cccs3)CC2)c1. The van der Waals surface area contributed by atoms with Crippen LogP contribution >= 0.6 is 11.3 Å². The van der Waals surface area contributed by atoms with Gasteiger partial charge in [0.25, 0.3) is 10.0 Å². The summed E-state index contributed by atoms with van der Waals surface area (Å²) in [6, 6.07) is 11.2. The number of carbonyl (C=O) groups excluding carboxylic acids is 1. The standard InChI is InChI=1S/C20H25NO5S2/c1-2-16-5-3-6-18(15-16)25-12-13-26-20(22)17-8-10-21(11-9-17)28(23,24)19-7-4-14-27-19/h3-7,14-15,17H,2,8-13H2,1H3. The highest BCUT2D eigenvalue weighted by atomic mass is 32.2. The van der Waals surface area contributed by atoms with Gasteiger partial charge in [0.05, 0.1) is 5.92 Å². The van der Waals surface area contributed by atoms with Crippen molar-refractivity contribution in [3.63, 3.8) is 0 Å². The van der Waals surface area contributed by atoms with E-state index in [1.165, 1.54) is 21.2 Å². The molecule has 8 heteroatoms. The molecule has 0 atom stereocenters. The average molecular weight is 424 g/mol. The van der Waals surface area contributed by atoms with Crippen molar-refractivity contribution >= 4 is 27.3 Å². The molecule has 152 valence electrons. The molecule has 0 N–H and O–H groups in total. The number of aryl methyl sites for hydroxylation is 1. The van der Waals surface area contributed by atoms with Crippen LogP contribution in [0.25, 0.3) is 0 Å². The minimum absolute atomic E-state index is 0.183. The van der Waals surface area contributed by atoms with E-state index in [9.17, 15) is 13.2 Å². The lowest BCUT2D eigenvalue weighted by atomic mass is 9.98. The molecule has 1 aromatic carbocycles. The second-order valence-corrected chi connectivity index (χ2v) is 9.74. The summed E-state index contributed by atoms with van der Waals surface area (Å²) in [5.41, 5.74) is 1.19. The van der Waals surface area contributed by atoms with E-state index in [-0.39, 0.29) is 18.5 Å². The van der Waals surface area contributed by atoms with Crippen LogP contribution in [0.2, 0.25) is 0 Å².